The fourth-order valence-electron chi connectivity index (χ4n) is 3.08. The van der Waals surface area contributed by atoms with Gasteiger partial charge in [0.05, 0.1) is 16.4 Å². The molecule has 0 unspecified atom stereocenters. The van der Waals surface area contributed by atoms with Crippen molar-refractivity contribution in [1.82, 2.24) is 9.97 Å². The van der Waals surface area contributed by atoms with Crippen LogP contribution in [-0.2, 0) is 0 Å². The summed E-state index contributed by atoms with van der Waals surface area (Å²) in [4.78, 5) is 8.93. The Morgan fingerprint density at radius 3 is 2.16 bits per heavy atom. The second kappa shape index (κ2) is 8.79. The van der Waals surface area contributed by atoms with Gasteiger partial charge in [0.15, 0.2) is 11.6 Å². The molecular weight excluding hydrogens is 465 g/mol. The molecule has 0 spiro atoms. The molecule has 1 heterocycles. The van der Waals surface area contributed by atoms with Crippen molar-refractivity contribution in [3.8, 4) is 34.1 Å². The number of benzene rings is 3. The van der Waals surface area contributed by atoms with Crippen LogP contribution >= 0.6 is 34.8 Å². The van der Waals surface area contributed by atoms with E-state index >= 15 is 0 Å². The molecule has 156 valence electrons. The number of hydrogen-bond acceptors (Lipinski definition) is 3. The predicted octanol–water partition coefficient (Wildman–Crippen LogP) is 8.15. The fraction of sp³-hybridized carbons (Fsp3) is 0.0435. The van der Waals surface area contributed by atoms with Crippen LogP contribution in [0.5, 0.6) is 11.8 Å². The number of ether oxygens (including phenoxy) is 1. The molecule has 0 aliphatic rings. The van der Waals surface area contributed by atoms with Crippen molar-refractivity contribution in [2.24, 2.45) is 0 Å². The minimum absolute atomic E-state index is 0.0396. The fourth-order valence-corrected chi connectivity index (χ4v) is 3.70. The Morgan fingerprint density at radius 2 is 1.48 bits per heavy atom. The normalized spacial score (nSPS) is 10.9. The van der Waals surface area contributed by atoms with Crippen LogP contribution in [0.25, 0.3) is 22.4 Å². The molecule has 8 heteroatoms. The SMILES string of the molecule is Cc1nc(Oc2ccc(F)c(F)c2)nc(-c2ccc(Cl)cc2Cl)c1-c1ccc(Cl)cc1. The van der Waals surface area contributed by atoms with E-state index in [0.717, 1.165) is 23.3 Å². The summed E-state index contributed by atoms with van der Waals surface area (Å²) in [7, 11) is 0. The van der Waals surface area contributed by atoms with Gasteiger partial charge in [-0.05, 0) is 55.0 Å². The van der Waals surface area contributed by atoms with Gasteiger partial charge in [0, 0.05) is 27.2 Å². The third kappa shape index (κ3) is 4.64. The zero-order valence-corrected chi connectivity index (χ0v) is 18.2. The molecule has 31 heavy (non-hydrogen) atoms. The minimum atomic E-state index is -1.03. The van der Waals surface area contributed by atoms with E-state index < -0.39 is 11.6 Å². The number of halogens is 5. The van der Waals surface area contributed by atoms with E-state index in [2.05, 4.69) is 9.97 Å². The molecule has 0 radical (unpaired) electrons. The van der Waals surface area contributed by atoms with Gasteiger partial charge in [0.1, 0.15) is 5.75 Å². The smallest absolute Gasteiger partial charge is 0.322 e. The summed E-state index contributed by atoms with van der Waals surface area (Å²) in [5.74, 6) is -1.95. The molecule has 3 nitrogen and oxygen atoms in total. The molecule has 0 aliphatic carbocycles. The second-order valence-corrected chi connectivity index (χ2v) is 7.90. The molecule has 0 saturated carbocycles. The van der Waals surface area contributed by atoms with Crippen molar-refractivity contribution in [3.63, 3.8) is 0 Å². The van der Waals surface area contributed by atoms with Gasteiger partial charge in [-0.1, -0.05) is 46.9 Å². The molecule has 0 N–H and O–H groups in total. The summed E-state index contributed by atoms with van der Waals surface area (Å²) in [6.45, 7) is 1.79. The maximum absolute atomic E-state index is 13.6. The largest absolute Gasteiger partial charge is 0.424 e. The van der Waals surface area contributed by atoms with E-state index in [1.54, 1.807) is 37.3 Å². The van der Waals surface area contributed by atoms with Crippen LogP contribution in [0.2, 0.25) is 15.1 Å². The highest BCUT2D eigenvalue weighted by atomic mass is 35.5. The zero-order chi connectivity index (χ0) is 22.1. The van der Waals surface area contributed by atoms with Crippen LogP contribution in [0.4, 0.5) is 8.78 Å². The molecule has 4 aromatic rings. The van der Waals surface area contributed by atoms with Crippen LogP contribution in [-0.4, -0.2) is 9.97 Å². The third-order valence-electron chi connectivity index (χ3n) is 4.49. The number of rotatable bonds is 4. The van der Waals surface area contributed by atoms with Crippen molar-refractivity contribution in [1.29, 1.82) is 0 Å². The zero-order valence-electron chi connectivity index (χ0n) is 16.0. The van der Waals surface area contributed by atoms with Gasteiger partial charge >= 0.3 is 6.01 Å². The molecular formula is C23H13Cl3F2N2O. The summed E-state index contributed by atoms with van der Waals surface area (Å²) in [5.41, 5.74) is 3.24. The van der Waals surface area contributed by atoms with Gasteiger partial charge in [-0.15, -0.1) is 0 Å². The van der Waals surface area contributed by atoms with Crippen molar-refractivity contribution >= 4 is 34.8 Å². The first-order chi connectivity index (χ1) is 14.8. The van der Waals surface area contributed by atoms with E-state index in [-0.39, 0.29) is 11.8 Å². The molecule has 1 aromatic heterocycles. The maximum atomic E-state index is 13.6. The van der Waals surface area contributed by atoms with Gasteiger partial charge in [0.2, 0.25) is 0 Å². The summed E-state index contributed by atoms with van der Waals surface area (Å²) in [6, 6.07) is 15.4. The highest BCUT2D eigenvalue weighted by molar-refractivity contribution is 6.36. The highest BCUT2D eigenvalue weighted by Crippen LogP contribution is 2.39. The van der Waals surface area contributed by atoms with E-state index in [1.165, 1.54) is 6.07 Å². The Labute approximate surface area is 192 Å². The quantitative estimate of drug-likeness (QED) is 0.297. The van der Waals surface area contributed by atoms with Crippen LogP contribution < -0.4 is 4.74 Å². The van der Waals surface area contributed by atoms with Crippen molar-refractivity contribution in [3.05, 3.63) is 93.1 Å². The average molecular weight is 478 g/mol. The van der Waals surface area contributed by atoms with Crippen molar-refractivity contribution in [2.75, 3.05) is 0 Å². The second-order valence-electron chi connectivity index (χ2n) is 6.62. The van der Waals surface area contributed by atoms with Gasteiger partial charge in [-0.2, -0.15) is 9.97 Å². The summed E-state index contributed by atoms with van der Waals surface area (Å²) in [6.07, 6.45) is 0. The molecule has 0 bridgehead atoms. The van der Waals surface area contributed by atoms with E-state index in [1.807, 2.05) is 12.1 Å². The molecule has 4 rings (SSSR count). The van der Waals surface area contributed by atoms with E-state index in [0.29, 0.717) is 32.0 Å². The number of aryl methyl sites for hydroxylation is 1. The molecule has 0 fully saturated rings. The number of hydrogen-bond donors (Lipinski definition) is 0. The number of aromatic nitrogens is 2. The molecule has 3 aromatic carbocycles. The van der Waals surface area contributed by atoms with E-state index in [4.69, 9.17) is 39.5 Å². The van der Waals surface area contributed by atoms with Crippen molar-refractivity contribution < 1.29 is 13.5 Å². The average Bonchev–Trinajstić information content (AvgIpc) is 2.71. The summed E-state index contributed by atoms with van der Waals surface area (Å²) in [5, 5.41) is 1.46. The monoisotopic (exact) mass is 476 g/mol. The first-order valence-electron chi connectivity index (χ1n) is 9.05. The third-order valence-corrected chi connectivity index (χ3v) is 5.29. The Morgan fingerprint density at radius 1 is 0.774 bits per heavy atom. The minimum Gasteiger partial charge on any atom is -0.424 e. The van der Waals surface area contributed by atoms with Crippen LogP contribution in [0.1, 0.15) is 5.69 Å². The topological polar surface area (TPSA) is 35.0 Å². The van der Waals surface area contributed by atoms with Gasteiger partial charge in [0.25, 0.3) is 0 Å². The first kappa shape index (κ1) is 21.5. The molecule has 0 amide bonds. The predicted molar refractivity (Wildman–Crippen MR) is 119 cm³/mol. The molecule has 0 saturated heterocycles. The van der Waals surface area contributed by atoms with Gasteiger partial charge in [-0.25, -0.2) is 8.78 Å². The van der Waals surface area contributed by atoms with Crippen molar-refractivity contribution in [2.45, 2.75) is 6.92 Å². The maximum Gasteiger partial charge on any atom is 0.322 e. The van der Waals surface area contributed by atoms with Gasteiger partial charge in [-0.3, -0.25) is 0 Å². The Balaban J connectivity index is 1.89. The van der Waals surface area contributed by atoms with E-state index in [9.17, 15) is 8.78 Å². The van der Waals surface area contributed by atoms with Gasteiger partial charge < -0.3 is 4.74 Å². The standard InChI is InChI=1S/C23H13Cl3F2N2O/c1-12-21(13-2-4-14(24)5-3-13)22(17-8-6-15(25)10-18(17)26)30-23(29-12)31-16-7-9-19(27)20(28)11-16/h2-11H,1H3. The Hall–Kier alpha value is -2.73. The highest BCUT2D eigenvalue weighted by Gasteiger charge is 2.19. The van der Waals surface area contributed by atoms with Crippen LogP contribution in [0, 0.1) is 18.6 Å². The van der Waals surface area contributed by atoms with Crippen LogP contribution in [0.15, 0.2) is 60.7 Å². The lowest BCUT2D eigenvalue weighted by molar-refractivity contribution is 0.430. The number of nitrogens with zero attached hydrogens (tertiary/aromatic N) is 2. The molecule has 0 aliphatic heterocycles. The first-order valence-corrected chi connectivity index (χ1v) is 10.2. The Bertz CT molecular complexity index is 1280. The summed E-state index contributed by atoms with van der Waals surface area (Å²) < 4.78 is 32.4. The lowest BCUT2D eigenvalue weighted by Crippen LogP contribution is -2.01. The Kier molecular flexibility index (Phi) is 6.10. The lowest BCUT2D eigenvalue weighted by atomic mass is 9.98. The molecule has 0 atom stereocenters. The van der Waals surface area contributed by atoms with Crippen LogP contribution in [0.3, 0.4) is 0 Å². The lowest BCUT2D eigenvalue weighted by Gasteiger charge is -2.15. The summed E-state index contributed by atoms with van der Waals surface area (Å²) >= 11 is 18.5.